The zero-order valence-electron chi connectivity index (χ0n) is 28.1. The third-order valence-corrected chi connectivity index (χ3v) is 9.87. The second-order valence-corrected chi connectivity index (χ2v) is 13.4. The van der Waals surface area contributed by atoms with E-state index in [9.17, 15) is 14.4 Å². The summed E-state index contributed by atoms with van der Waals surface area (Å²) in [5.41, 5.74) is 6.55. The molecule has 0 aromatic carbocycles. The fraction of sp³-hybridized carbons (Fsp3) is 0.914. The predicted octanol–water partition coefficient (Wildman–Crippen LogP) is 5.88. The monoisotopic (exact) mass is 606 g/mol. The number of nitrogens with zero attached hydrogens (tertiary/aromatic N) is 3. The van der Waals surface area contributed by atoms with E-state index in [4.69, 9.17) is 5.73 Å². The van der Waals surface area contributed by atoms with E-state index in [1.165, 1.54) is 77.0 Å². The van der Waals surface area contributed by atoms with Crippen LogP contribution in [0.4, 0.5) is 0 Å². The van der Waals surface area contributed by atoms with Crippen LogP contribution in [0.2, 0.25) is 0 Å². The number of likely N-dealkylation sites (tertiary alicyclic amines) is 1. The number of unbranched alkanes of at least 4 members (excludes halogenated alkanes) is 9. The van der Waals surface area contributed by atoms with Crippen molar-refractivity contribution in [1.82, 2.24) is 20.0 Å². The lowest BCUT2D eigenvalue weighted by atomic mass is 9.75. The Hall–Kier alpha value is -1.67. The number of carbonyl (C=O) groups excluding carboxylic acids is 3. The Balaban J connectivity index is 1.41. The second kappa shape index (κ2) is 22.8. The highest BCUT2D eigenvalue weighted by Crippen LogP contribution is 2.35. The Labute approximate surface area is 264 Å². The van der Waals surface area contributed by atoms with Crippen LogP contribution in [0.1, 0.15) is 142 Å². The summed E-state index contributed by atoms with van der Waals surface area (Å²) in [5.74, 6) is 0.401. The molecule has 2 aliphatic heterocycles. The van der Waals surface area contributed by atoms with Gasteiger partial charge in [0, 0.05) is 52.1 Å². The lowest BCUT2D eigenvalue weighted by molar-refractivity contribution is -0.133. The zero-order valence-corrected chi connectivity index (χ0v) is 28.1. The number of nitrogens with one attached hydrogen (secondary N) is 1. The number of piperazine rings is 1. The normalized spacial score (nSPS) is 17.3. The molecule has 8 heteroatoms. The third kappa shape index (κ3) is 15.8. The molecule has 1 atom stereocenters. The van der Waals surface area contributed by atoms with Crippen molar-refractivity contribution in [2.75, 3.05) is 58.9 Å². The highest BCUT2D eigenvalue weighted by molar-refractivity contribution is 5.84. The lowest BCUT2D eigenvalue weighted by Gasteiger charge is -2.35. The first-order chi connectivity index (χ1) is 20.9. The van der Waals surface area contributed by atoms with Gasteiger partial charge in [0.2, 0.25) is 17.7 Å². The fourth-order valence-electron chi connectivity index (χ4n) is 6.94. The SMILES string of the molecule is CCCCC(CN)(CCC)CCCCCC(=O)N1CCN(CCCCCCCCCC(=O)NCC(=O)N2CCCC2)CC1. The molecule has 0 radical (unpaired) electrons. The number of amides is 3. The molecular weight excluding hydrogens is 538 g/mol. The van der Waals surface area contributed by atoms with Gasteiger partial charge in [0.15, 0.2) is 0 Å². The van der Waals surface area contributed by atoms with Crippen LogP contribution < -0.4 is 11.1 Å². The summed E-state index contributed by atoms with van der Waals surface area (Å²) >= 11 is 0. The Kier molecular flexibility index (Phi) is 19.9. The molecule has 2 heterocycles. The van der Waals surface area contributed by atoms with Crippen LogP contribution in [0, 0.1) is 5.41 Å². The van der Waals surface area contributed by atoms with Crippen molar-refractivity contribution in [3.05, 3.63) is 0 Å². The summed E-state index contributed by atoms with van der Waals surface area (Å²) in [6.07, 6.45) is 22.2. The summed E-state index contributed by atoms with van der Waals surface area (Å²) in [5, 5.41) is 2.79. The van der Waals surface area contributed by atoms with Crippen LogP contribution in [-0.2, 0) is 14.4 Å². The minimum atomic E-state index is 0.00354. The molecule has 250 valence electrons. The van der Waals surface area contributed by atoms with E-state index >= 15 is 0 Å². The molecular formula is C35H67N5O3. The molecule has 3 amide bonds. The van der Waals surface area contributed by atoms with Crippen LogP contribution in [0.25, 0.3) is 0 Å². The Morgan fingerprint density at radius 3 is 1.86 bits per heavy atom. The number of nitrogens with two attached hydrogens (primary N) is 1. The molecule has 0 saturated carbocycles. The molecule has 0 aromatic rings. The maximum Gasteiger partial charge on any atom is 0.241 e. The van der Waals surface area contributed by atoms with E-state index < -0.39 is 0 Å². The van der Waals surface area contributed by atoms with Crippen molar-refractivity contribution in [3.63, 3.8) is 0 Å². The minimum Gasteiger partial charge on any atom is -0.347 e. The number of hydrogen-bond donors (Lipinski definition) is 2. The summed E-state index contributed by atoms with van der Waals surface area (Å²) in [7, 11) is 0. The van der Waals surface area contributed by atoms with Gasteiger partial charge in [-0.1, -0.05) is 78.1 Å². The summed E-state index contributed by atoms with van der Waals surface area (Å²) in [4.78, 5) is 43.2. The average Bonchev–Trinajstić information content (AvgIpc) is 3.57. The van der Waals surface area contributed by atoms with E-state index in [2.05, 4.69) is 29.0 Å². The number of carbonyl (C=O) groups is 3. The standard InChI is InChI=1S/C35H67N5O3/c1-3-5-21-35(31-36,20-4-2)22-14-11-13-19-33(42)40-28-26-38(27-29-40)23-15-10-8-6-7-9-12-18-32(41)37-30-34(43)39-24-16-17-25-39/h3-31,36H2,1-2H3,(H,37,41). The van der Waals surface area contributed by atoms with E-state index in [1.807, 2.05) is 4.90 Å². The molecule has 0 spiro atoms. The van der Waals surface area contributed by atoms with Crippen molar-refractivity contribution >= 4 is 17.7 Å². The molecule has 2 rings (SSSR count). The average molecular weight is 606 g/mol. The van der Waals surface area contributed by atoms with Crippen LogP contribution >= 0.6 is 0 Å². The summed E-state index contributed by atoms with van der Waals surface area (Å²) in [6, 6.07) is 0. The van der Waals surface area contributed by atoms with Crippen LogP contribution in [-0.4, -0.2) is 91.3 Å². The van der Waals surface area contributed by atoms with Crippen molar-refractivity contribution < 1.29 is 14.4 Å². The van der Waals surface area contributed by atoms with Gasteiger partial charge < -0.3 is 20.9 Å². The molecule has 1 unspecified atom stereocenters. The van der Waals surface area contributed by atoms with E-state index in [0.717, 1.165) is 90.9 Å². The molecule has 3 N–H and O–H groups in total. The molecule has 2 aliphatic rings. The largest absolute Gasteiger partial charge is 0.347 e. The predicted molar refractivity (Wildman–Crippen MR) is 178 cm³/mol. The molecule has 8 nitrogen and oxygen atoms in total. The minimum absolute atomic E-state index is 0.00354. The van der Waals surface area contributed by atoms with Crippen molar-refractivity contribution in [3.8, 4) is 0 Å². The van der Waals surface area contributed by atoms with Crippen molar-refractivity contribution in [2.24, 2.45) is 11.1 Å². The first-order valence-corrected chi connectivity index (χ1v) is 18.2. The second-order valence-electron chi connectivity index (χ2n) is 13.4. The fourth-order valence-corrected chi connectivity index (χ4v) is 6.94. The van der Waals surface area contributed by atoms with Crippen LogP contribution in [0.3, 0.4) is 0 Å². The van der Waals surface area contributed by atoms with Crippen LogP contribution in [0.5, 0.6) is 0 Å². The molecule has 0 aliphatic carbocycles. The van der Waals surface area contributed by atoms with E-state index in [0.29, 0.717) is 24.2 Å². The van der Waals surface area contributed by atoms with Gasteiger partial charge in [0.25, 0.3) is 0 Å². The van der Waals surface area contributed by atoms with Gasteiger partial charge in [-0.2, -0.15) is 0 Å². The Morgan fingerprint density at radius 1 is 0.628 bits per heavy atom. The topological polar surface area (TPSA) is 99.0 Å². The molecule has 2 saturated heterocycles. The first kappa shape index (κ1) is 37.5. The van der Waals surface area contributed by atoms with Gasteiger partial charge in [-0.3, -0.25) is 19.3 Å². The Morgan fingerprint density at radius 2 is 1.21 bits per heavy atom. The maximum absolute atomic E-state index is 12.8. The van der Waals surface area contributed by atoms with Gasteiger partial charge in [0.1, 0.15) is 0 Å². The van der Waals surface area contributed by atoms with Crippen molar-refractivity contribution in [2.45, 2.75) is 142 Å². The summed E-state index contributed by atoms with van der Waals surface area (Å²) < 4.78 is 0. The molecule has 0 bridgehead atoms. The number of rotatable bonds is 24. The van der Waals surface area contributed by atoms with E-state index in [1.54, 1.807) is 0 Å². The highest BCUT2D eigenvalue weighted by atomic mass is 16.2. The Bertz CT molecular complexity index is 765. The van der Waals surface area contributed by atoms with Gasteiger partial charge in [-0.15, -0.1) is 0 Å². The molecule has 0 aromatic heterocycles. The molecule has 2 fully saturated rings. The quantitative estimate of drug-likeness (QED) is 0.134. The van der Waals surface area contributed by atoms with Gasteiger partial charge in [-0.05, 0) is 69.9 Å². The third-order valence-electron chi connectivity index (χ3n) is 9.87. The lowest BCUT2D eigenvalue weighted by Crippen LogP contribution is -2.48. The maximum atomic E-state index is 12.8. The number of hydrogen-bond acceptors (Lipinski definition) is 5. The van der Waals surface area contributed by atoms with Gasteiger partial charge in [-0.25, -0.2) is 0 Å². The highest BCUT2D eigenvalue weighted by Gasteiger charge is 2.26. The van der Waals surface area contributed by atoms with Gasteiger partial charge in [0.05, 0.1) is 6.54 Å². The summed E-state index contributed by atoms with van der Waals surface area (Å²) in [6.45, 7) is 12.1. The zero-order chi connectivity index (χ0) is 31.2. The van der Waals surface area contributed by atoms with E-state index in [-0.39, 0.29) is 18.4 Å². The molecule has 43 heavy (non-hydrogen) atoms. The van der Waals surface area contributed by atoms with Crippen molar-refractivity contribution in [1.29, 1.82) is 0 Å². The first-order valence-electron chi connectivity index (χ1n) is 18.2. The van der Waals surface area contributed by atoms with Gasteiger partial charge >= 0.3 is 0 Å². The van der Waals surface area contributed by atoms with Crippen LogP contribution in [0.15, 0.2) is 0 Å². The smallest absolute Gasteiger partial charge is 0.241 e.